The number of Topliss-reactive ketones (excluding diaryl/α,β-unsaturated/α-hetero) is 1. The van der Waals surface area contributed by atoms with Crippen molar-refractivity contribution in [3.8, 4) is 0 Å². The molecule has 148 valence electrons. The molecule has 0 bridgehead atoms. The number of allylic oxidation sites excluding steroid dienone is 1. The van der Waals surface area contributed by atoms with E-state index in [1.165, 1.54) is 0 Å². The molecule has 2 aromatic rings. The van der Waals surface area contributed by atoms with Crippen LogP contribution < -0.4 is 5.14 Å². The number of benzene rings is 2. The van der Waals surface area contributed by atoms with E-state index in [9.17, 15) is 35.9 Å². The first kappa shape index (κ1) is 21.2. The highest BCUT2D eigenvalue weighted by atomic mass is 32.2. The number of carbonyl (C=O) groups is 1. The first-order chi connectivity index (χ1) is 12.9. The zero-order chi connectivity index (χ0) is 21.1. The van der Waals surface area contributed by atoms with E-state index in [-0.39, 0.29) is 16.1 Å². The van der Waals surface area contributed by atoms with Gasteiger partial charge < -0.3 is 5.11 Å². The van der Waals surface area contributed by atoms with Crippen LogP contribution in [0, 0.1) is 5.82 Å². The Morgan fingerprint density at radius 2 is 1.54 bits per heavy atom. The maximum atomic E-state index is 12.9. The Bertz CT molecular complexity index is 1040. The molecule has 0 fully saturated rings. The third-order valence-corrected chi connectivity index (χ3v) is 4.17. The second kappa shape index (κ2) is 7.86. The van der Waals surface area contributed by atoms with Gasteiger partial charge in [0.05, 0.1) is 10.6 Å². The quantitative estimate of drug-likeness (QED) is 0.334. The highest BCUT2D eigenvalue weighted by Crippen LogP contribution is 2.28. The topological polar surface area (TPSA) is 122 Å². The molecule has 0 unspecified atom stereocenters. The summed E-state index contributed by atoms with van der Waals surface area (Å²) in [5, 5.41) is 21.5. The van der Waals surface area contributed by atoms with Gasteiger partial charge in [-0.1, -0.05) is 0 Å². The maximum Gasteiger partial charge on any atom is 0.456 e. The molecule has 0 heterocycles. The van der Waals surface area contributed by atoms with E-state index in [0.29, 0.717) is 0 Å². The van der Waals surface area contributed by atoms with E-state index >= 15 is 0 Å². The van der Waals surface area contributed by atoms with E-state index in [4.69, 9.17) is 5.14 Å². The number of nitrogens with two attached hydrogens (primary N) is 1. The number of alkyl halides is 3. The highest BCUT2D eigenvalue weighted by molar-refractivity contribution is 7.89. The molecule has 0 aliphatic rings. The van der Waals surface area contributed by atoms with Crippen LogP contribution in [0.5, 0.6) is 0 Å². The van der Waals surface area contributed by atoms with Crippen molar-refractivity contribution >= 4 is 27.3 Å². The number of azo groups is 1. The lowest BCUT2D eigenvalue weighted by molar-refractivity contribution is -0.166. The normalized spacial score (nSPS) is 13.5. The number of nitrogens with zero attached hydrogens (tertiary/aromatic N) is 2. The molecular formula is C16H11F4N3O4S. The third kappa shape index (κ3) is 5.20. The van der Waals surface area contributed by atoms with Gasteiger partial charge in [-0.15, -0.1) is 5.11 Å². The molecule has 7 nitrogen and oxygen atoms in total. The van der Waals surface area contributed by atoms with Crippen molar-refractivity contribution in [1.82, 2.24) is 0 Å². The fraction of sp³-hybridized carbons (Fsp3) is 0.0625. The molecule has 0 aliphatic carbocycles. The van der Waals surface area contributed by atoms with Gasteiger partial charge in [-0.3, -0.25) is 4.79 Å². The molecule has 0 saturated carbocycles. The number of halogens is 4. The van der Waals surface area contributed by atoms with E-state index in [2.05, 4.69) is 10.2 Å². The predicted molar refractivity (Wildman–Crippen MR) is 89.3 cm³/mol. The standard InChI is InChI=1S/C16H11F4N3O4S/c17-10-3-1-9(2-4-10)14(24)13(15(25)16(18,19)20)23-22-11-5-7-12(8-6-11)28(21,26)27/h1-8,24H,(H2,21,26,27)/b14-13+,23-22?. The van der Waals surface area contributed by atoms with Crippen molar-refractivity contribution < 1.29 is 35.9 Å². The number of primary sulfonamides is 1. The van der Waals surface area contributed by atoms with Crippen LogP contribution in [-0.2, 0) is 14.8 Å². The summed E-state index contributed by atoms with van der Waals surface area (Å²) in [6, 6.07) is 7.84. The molecule has 2 aromatic carbocycles. The molecule has 2 rings (SSSR count). The molecule has 0 saturated heterocycles. The van der Waals surface area contributed by atoms with Gasteiger partial charge in [0.15, 0.2) is 11.5 Å². The molecule has 0 aliphatic heterocycles. The molecular weight excluding hydrogens is 406 g/mol. The summed E-state index contributed by atoms with van der Waals surface area (Å²) >= 11 is 0. The summed E-state index contributed by atoms with van der Waals surface area (Å²) < 4.78 is 73.7. The van der Waals surface area contributed by atoms with Crippen LogP contribution in [0.4, 0.5) is 23.2 Å². The van der Waals surface area contributed by atoms with Crippen molar-refractivity contribution in [2.24, 2.45) is 15.4 Å². The number of aliphatic hydroxyl groups is 1. The predicted octanol–water partition coefficient (Wildman–Crippen LogP) is 3.62. The smallest absolute Gasteiger partial charge is 0.456 e. The van der Waals surface area contributed by atoms with E-state index < -0.39 is 39.3 Å². The zero-order valence-electron chi connectivity index (χ0n) is 13.7. The largest absolute Gasteiger partial charge is 0.505 e. The van der Waals surface area contributed by atoms with Gasteiger partial charge in [-0.2, -0.15) is 18.3 Å². The van der Waals surface area contributed by atoms with Gasteiger partial charge in [-0.05, 0) is 48.5 Å². The van der Waals surface area contributed by atoms with Crippen LogP contribution in [0.15, 0.2) is 69.4 Å². The third-order valence-electron chi connectivity index (χ3n) is 3.25. The SMILES string of the molecule is NS(=O)(=O)c1ccc(N=N/C(C(=O)C(F)(F)F)=C(/O)c2ccc(F)cc2)cc1. The summed E-state index contributed by atoms with van der Waals surface area (Å²) in [5.41, 5.74) is -1.83. The van der Waals surface area contributed by atoms with Gasteiger partial charge in [-0.25, -0.2) is 17.9 Å². The van der Waals surface area contributed by atoms with E-state index in [1.54, 1.807) is 0 Å². The average molecular weight is 417 g/mol. The zero-order valence-corrected chi connectivity index (χ0v) is 14.5. The van der Waals surface area contributed by atoms with Crippen LogP contribution in [0.25, 0.3) is 5.76 Å². The Morgan fingerprint density at radius 3 is 2.00 bits per heavy atom. The first-order valence-electron chi connectivity index (χ1n) is 7.25. The van der Waals surface area contributed by atoms with Crippen LogP contribution in [0.1, 0.15) is 5.56 Å². The van der Waals surface area contributed by atoms with Gasteiger partial charge in [0, 0.05) is 5.56 Å². The second-order valence-electron chi connectivity index (χ2n) is 5.27. The van der Waals surface area contributed by atoms with Gasteiger partial charge in [0.2, 0.25) is 10.0 Å². The lowest BCUT2D eigenvalue weighted by Gasteiger charge is -2.08. The number of carbonyl (C=O) groups excluding carboxylic acids is 1. The van der Waals surface area contributed by atoms with Gasteiger partial charge in [0.25, 0.3) is 5.78 Å². The number of aliphatic hydroxyl groups excluding tert-OH is 1. The van der Waals surface area contributed by atoms with E-state index in [1.807, 2.05) is 0 Å². The number of ketones is 1. The minimum Gasteiger partial charge on any atom is -0.505 e. The summed E-state index contributed by atoms with van der Waals surface area (Å²) in [6.45, 7) is 0. The number of hydrogen-bond acceptors (Lipinski definition) is 6. The Labute approximate surface area is 155 Å². The summed E-state index contributed by atoms with van der Waals surface area (Å²) in [5.74, 6) is -4.34. The first-order valence-corrected chi connectivity index (χ1v) is 8.79. The Balaban J connectivity index is 2.48. The fourth-order valence-corrected chi connectivity index (χ4v) is 2.40. The molecule has 0 radical (unpaired) electrons. The second-order valence-corrected chi connectivity index (χ2v) is 6.83. The monoisotopic (exact) mass is 417 g/mol. The van der Waals surface area contributed by atoms with Gasteiger partial charge in [0.1, 0.15) is 5.82 Å². The van der Waals surface area contributed by atoms with Crippen molar-refractivity contribution in [3.05, 3.63) is 65.6 Å². The van der Waals surface area contributed by atoms with E-state index in [0.717, 1.165) is 48.5 Å². The molecule has 0 atom stereocenters. The molecule has 3 N–H and O–H groups in total. The molecule has 0 aromatic heterocycles. The van der Waals surface area contributed by atoms with Crippen molar-refractivity contribution in [1.29, 1.82) is 0 Å². The minimum atomic E-state index is -5.36. The number of rotatable bonds is 5. The maximum absolute atomic E-state index is 12.9. The van der Waals surface area contributed by atoms with Crippen molar-refractivity contribution in [2.75, 3.05) is 0 Å². The fourth-order valence-electron chi connectivity index (χ4n) is 1.89. The summed E-state index contributed by atoms with van der Waals surface area (Å²) in [7, 11) is -3.99. The van der Waals surface area contributed by atoms with Crippen LogP contribution in [0.3, 0.4) is 0 Å². The molecule has 12 heteroatoms. The molecule has 28 heavy (non-hydrogen) atoms. The van der Waals surface area contributed by atoms with Crippen LogP contribution in [0.2, 0.25) is 0 Å². The van der Waals surface area contributed by atoms with Crippen LogP contribution in [-0.4, -0.2) is 25.5 Å². The number of sulfonamides is 1. The summed E-state index contributed by atoms with van der Waals surface area (Å²) in [6.07, 6.45) is -5.36. The minimum absolute atomic E-state index is 0.119. The number of hydrogen-bond donors (Lipinski definition) is 2. The average Bonchev–Trinajstić information content (AvgIpc) is 2.61. The lowest BCUT2D eigenvalue weighted by Crippen LogP contribution is -2.24. The Hall–Kier alpha value is -3.12. The highest BCUT2D eigenvalue weighted by Gasteiger charge is 2.43. The Morgan fingerprint density at radius 1 is 1.00 bits per heavy atom. The lowest BCUT2D eigenvalue weighted by atomic mass is 10.1. The Kier molecular flexibility index (Phi) is 5.95. The summed E-state index contributed by atoms with van der Waals surface area (Å²) in [4.78, 5) is 11.3. The van der Waals surface area contributed by atoms with Crippen molar-refractivity contribution in [3.63, 3.8) is 0 Å². The van der Waals surface area contributed by atoms with Crippen molar-refractivity contribution in [2.45, 2.75) is 11.1 Å². The van der Waals surface area contributed by atoms with Crippen LogP contribution >= 0.6 is 0 Å². The molecule has 0 amide bonds. The van der Waals surface area contributed by atoms with Gasteiger partial charge >= 0.3 is 6.18 Å². The molecule has 0 spiro atoms.